The number of rotatable bonds is 4. The van der Waals surface area contributed by atoms with E-state index in [-0.39, 0.29) is 17.2 Å². The second-order valence-corrected chi connectivity index (χ2v) is 8.46. The molecule has 0 spiro atoms. The quantitative estimate of drug-likeness (QED) is 0.819. The lowest BCUT2D eigenvalue weighted by molar-refractivity contribution is 0.405. The molecule has 3 rings (SSSR count). The van der Waals surface area contributed by atoms with Crippen LogP contribution in [0, 0.1) is 11.6 Å². The molecule has 2 aromatic rings. The van der Waals surface area contributed by atoms with E-state index in [1.54, 1.807) is 0 Å². The molecule has 1 heterocycles. The molecular weight excluding hydrogens is 344 g/mol. The molecule has 1 aliphatic rings. The summed E-state index contributed by atoms with van der Waals surface area (Å²) in [5.74, 6) is -1.77. The number of sulfonamides is 1. The topological polar surface area (TPSA) is 37.4 Å². The molecule has 0 N–H and O–H groups in total. The Morgan fingerprint density at radius 3 is 2.36 bits per heavy atom. The van der Waals surface area contributed by atoms with Gasteiger partial charge in [-0.15, -0.1) is 0 Å². The zero-order chi connectivity index (χ0) is 17.9. The van der Waals surface area contributed by atoms with E-state index < -0.39 is 21.7 Å². The summed E-state index contributed by atoms with van der Waals surface area (Å²) < 4.78 is 53.7. The zero-order valence-electron chi connectivity index (χ0n) is 13.9. The Balaban J connectivity index is 1.80. The Bertz CT molecular complexity index is 804. The lowest BCUT2D eigenvalue weighted by Gasteiger charge is -2.24. The molecule has 25 heavy (non-hydrogen) atoms. The molecule has 0 amide bonds. The fraction of sp³-hybridized carbons (Fsp3) is 0.368. The average Bonchev–Trinajstić information content (AvgIpc) is 2.81. The Morgan fingerprint density at radius 2 is 1.68 bits per heavy atom. The summed E-state index contributed by atoms with van der Waals surface area (Å²) in [5, 5.41) is 0. The molecule has 0 saturated carbocycles. The summed E-state index contributed by atoms with van der Waals surface area (Å²) in [7, 11) is -3.63. The summed E-state index contributed by atoms with van der Waals surface area (Å²) in [6.45, 7) is 0.855. The van der Waals surface area contributed by atoms with Crippen LogP contribution in [0.25, 0.3) is 0 Å². The van der Waals surface area contributed by atoms with E-state index in [4.69, 9.17) is 0 Å². The van der Waals surface area contributed by atoms with Gasteiger partial charge in [-0.2, -0.15) is 0 Å². The van der Waals surface area contributed by atoms with E-state index in [0.29, 0.717) is 13.1 Å². The average molecular weight is 365 g/mol. The highest BCUT2D eigenvalue weighted by Gasteiger charge is 2.28. The van der Waals surface area contributed by atoms with Crippen LogP contribution in [-0.2, 0) is 15.8 Å². The molecule has 0 radical (unpaired) electrons. The molecule has 134 valence electrons. The van der Waals surface area contributed by atoms with Crippen LogP contribution in [0.1, 0.15) is 36.3 Å². The van der Waals surface area contributed by atoms with Gasteiger partial charge in [-0.05, 0) is 42.0 Å². The van der Waals surface area contributed by atoms with Crippen molar-refractivity contribution in [1.82, 2.24) is 4.31 Å². The minimum Gasteiger partial charge on any atom is -0.212 e. The first kappa shape index (κ1) is 18.0. The highest BCUT2D eigenvalue weighted by molar-refractivity contribution is 7.88. The molecule has 0 aliphatic carbocycles. The molecule has 1 saturated heterocycles. The molecular formula is C19H21F2NO2S. The van der Waals surface area contributed by atoms with Crippen molar-refractivity contribution in [3.8, 4) is 0 Å². The SMILES string of the molecule is O=S(=O)(Cc1cc(F)cc(F)c1)N1CCCCC(c2ccccc2)C1. The third-order valence-corrected chi connectivity index (χ3v) is 6.39. The maximum atomic E-state index is 13.3. The van der Waals surface area contributed by atoms with E-state index in [0.717, 1.165) is 43.0 Å². The monoisotopic (exact) mass is 365 g/mol. The van der Waals surface area contributed by atoms with Crippen molar-refractivity contribution >= 4 is 10.0 Å². The highest BCUT2D eigenvalue weighted by Crippen LogP contribution is 2.28. The summed E-state index contributed by atoms with van der Waals surface area (Å²) in [6.07, 6.45) is 2.69. The lowest BCUT2D eigenvalue weighted by Crippen LogP contribution is -2.35. The van der Waals surface area contributed by atoms with E-state index >= 15 is 0 Å². The van der Waals surface area contributed by atoms with Gasteiger partial charge in [-0.25, -0.2) is 21.5 Å². The normalized spacial score (nSPS) is 19.5. The number of halogens is 2. The second kappa shape index (κ2) is 7.62. The second-order valence-electron chi connectivity index (χ2n) is 6.50. The summed E-state index contributed by atoms with van der Waals surface area (Å²) in [4.78, 5) is 0. The maximum Gasteiger partial charge on any atom is 0.218 e. The molecule has 0 aromatic heterocycles. The molecule has 1 fully saturated rings. The van der Waals surface area contributed by atoms with Gasteiger partial charge in [0.15, 0.2) is 0 Å². The van der Waals surface area contributed by atoms with Crippen molar-refractivity contribution < 1.29 is 17.2 Å². The summed E-state index contributed by atoms with van der Waals surface area (Å²) in [5.41, 5.74) is 1.26. The van der Waals surface area contributed by atoms with E-state index in [1.807, 2.05) is 30.3 Å². The lowest BCUT2D eigenvalue weighted by atomic mass is 9.95. The highest BCUT2D eigenvalue weighted by atomic mass is 32.2. The minimum absolute atomic E-state index is 0.137. The van der Waals surface area contributed by atoms with Crippen molar-refractivity contribution in [3.05, 3.63) is 71.3 Å². The van der Waals surface area contributed by atoms with Crippen LogP contribution in [0.2, 0.25) is 0 Å². The largest absolute Gasteiger partial charge is 0.218 e. The minimum atomic E-state index is -3.63. The molecule has 6 heteroatoms. The Morgan fingerprint density at radius 1 is 1.00 bits per heavy atom. The van der Waals surface area contributed by atoms with E-state index in [9.17, 15) is 17.2 Å². The summed E-state index contributed by atoms with van der Waals surface area (Å²) in [6, 6.07) is 12.8. The smallest absolute Gasteiger partial charge is 0.212 e. The first-order valence-electron chi connectivity index (χ1n) is 8.42. The molecule has 3 nitrogen and oxygen atoms in total. The number of benzene rings is 2. The van der Waals surface area contributed by atoms with Crippen molar-refractivity contribution in [2.75, 3.05) is 13.1 Å². The predicted molar refractivity (Wildman–Crippen MR) is 93.6 cm³/mol. The van der Waals surface area contributed by atoms with Crippen LogP contribution in [0.5, 0.6) is 0 Å². The van der Waals surface area contributed by atoms with E-state index in [2.05, 4.69) is 0 Å². The first-order valence-corrected chi connectivity index (χ1v) is 10.0. The van der Waals surface area contributed by atoms with Gasteiger partial charge in [0, 0.05) is 19.2 Å². The maximum absolute atomic E-state index is 13.3. The van der Waals surface area contributed by atoms with Crippen molar-refractivity contribution in [2.45, 2.75) is 30.9 Å². The third-order valence-electron chi connectivity index (χ3n) is 4.57. The van der Waals surface area contributed by atoms with Gasteiger partial charge in [0.1, 0.15) is 11.6 Å². The predicted octanol–water partition coefficient (Wildman–Crippen LogP) is 4.06. The van der Waals surface area contributed by atoms with Gasteiger partial charge >= 0.3 is 0 Å². The van der Waals surface area contributed by atoms with Crippen molar-refractivity contribution in [1.29, 1.82) is 0 Å². The zero-order valence-corrected chi connectivity index (χ0v) is 14.7. The number of hydrogen-bond donors (Lipinski definition) is 0. The van der Waals surface area contributed by atoms with Gasteiger partial charge in [-0.3, -0.25) is 0 Å². The van der Waals surface area contributed by atoms with Gasteiger partial charge in [0.2, 0.25) is 10.0 Å². The van der Waals surface area contributed by atoms with Crippen molar-refractivity contribution in [3.63, 3.8) is 0 Å². The third kappa shape index (κ3) is 4.64. The molecule has 1 aliphatic heterocycles. The van der Waals surface area contributed by atoms with Crippen LogP contribution in [0.3, 0.4) is 0 Å². The van der Waals surface area contributed by atoms with Gasteiger partial charge < -0.3 is 0 Å². The number of nitrogens with zero attached hydrogens (tertiary/aromatic N) is 1. The first-order chi connectivity index (χ1) is 11.9. The van der Waals surface area contributed by atoms with Crippen LogP contribution < -0.4 is 0 Å². The molecule has 1 unspecified atom stereocenters. The van der Waals surface area contributed by atoms with Crippen LogP contribution in [0.4, 0.5) is 8.78 Å². The van der Waals surface area contributed by atoms with Gasteiger partial charge in [0.05, 0.1) is 5.75 Å². The fourth-order valence-corrected chi connectivity index (χ4v) is 4.94. The van der Waals surface area contributed by atoms with Crippen LogP contribution in [0.15, 0.2) is 48.5 Å². The molecule has 2 aromatic carbocycles. The summed E-state index contributed by atoms with van der Waals surface area (Å²) >= 11 is 0. The van der Waals surface area contributed by atoms with Gasteiger partial charge in [0.25, 0.3) is 0 Å². The Kier molecular flexibility index (Phi) is 5.49. The van der Waals surface area contributed by atoms with Crippen LogP contribution >= 0.6 is 0 Å². The standard InChI is InChI=1S/C19H21F2NO2S/c20-18-10-15(11-19(21)12-18)14-25(23,24)22-9-5-4-8-17(13-22)16-6-2-1-3-7-16/h1-3,6-7,10-12,17H,4-5,8-9,13-14H2. The Hall–Kier alpha value is -1.79. The number of hydrogen-bond acceptors (Lipinski definition) is 2. The fourth-order valence-electron chi connectivity index (χ4n) is 3.35. The van der Waals surface area contributed by atoms with Crippen molar-refractivity contribution in [2.24, 2.45) is 0 Å². The van der Waals surface area contributed by atoms with Crippen LogP contribution in [-0.4, -0.2) is 25.8 Å². The molecule has 1 atom stereocenters. The van der Waals surface area contributed by atoms with Gasteiger partial charge in [-0.1, -0.05) is 36.8 Å². The molecule has 0 bridgehead atoms. The Labute approximate surface area is 147 Å². The van der Waals surface area contributed by atoms with E-state index in [1.165, 1.54) is 4.31 Å².